The maximum atomic E-state index is 0. The molecule has 0 aliphatic heterocycles. The van der Waals surface area contributed by atoms with Crippen LogP contribution in [0.15, 0.2) is 0 Å². The van der Waals surface area contributed by atoms with Crippen LogP contribution in [0.25, 0.3) is 0 Å². The summed E-state index contributed by atoms with van der Waals surface area (Å²) >= 11 is 0. The Kier molecular flexibility index (Phi) is 112. The van der Waals surface area contributed by atoms with Crippen LogP contribution < -0.4 is 51.4 Å². The Balaban J connectivity index is 0. The summed E-state index contributed by atoms with van der Waals surface area (Å²) in [6.07, 6.45) is 0. The summed E-state index contributed by atoms with van der Waals surface area (Å²) in [6.45, 7) is 0. The van der Waals surface area contributed by atoms with Crippen molar-refractivity contribution >= 4 is 0 Å². The summed E-state index contributed by atoms with van der Waals surface area (Å²) in [5.41, 5.74) is 0. The van der Waals surface area contributed by atoms with Crippen LogP contribution in [0.4, 0.5) is 0 Å². The minimum Gasteiger partial charge on any atom is -1.00 e. The first-order chi connectivity index (χ1) is 0. The summed E-state index contributed by atoms with van der Waals surface area (Å²) in [7, 11) is 0. The predicted octanol–water partition coefficient (Wildman–Crippen LogP) is -2.89. The van der Waals surface area contributed by atoms with Crippen molar-refractivity contribution in [2.24, 2.45) is 0 Å². The van der Waals surface area contributed by atoms with Crippen LogP contribution in [-0.4, -0.2) is 0 Å². The molecular formula is HCoKMnNi. The molecule has 0 rings (SSSR count). The normalized spacial score (nSPS) is 0. The van der Waals surface area contributed by atoms with Crippen LogP contribution in [0.3, 0.4) is 0 Å². The first-order valence-electron chi connectivity index (χ1n) is 0. The summed E-state index contributed by atoms with van der Waals surface area (Å²) < 4.78 is 0. The number of hydrogen-bond acceptors (Lipinski definition) is 0. The van der Waals surface area contributed by atoms with Crippen molar-refractivity contribution in [3.05, 3.63) is 0 Å². The molecule has 0 spiro atoms. The Morgan fingerprint density at radius 2 is 1.25 bits per heavy atom. The second-order valence-corrected chi connectivity index (χ2v) is 0. The van der Waals surface area contributed by atoms with Gasteiger partial charge >= 0.3 is 51.4 Å². The van der Waals surface area contributed by atoms with Gasteiger partial charge in [0.15, 0.2) is 0 Å². The van der Waals surface area contributed by atoms with Crippen LogP contribution in [0.1, 0.15) is 1.43 Å². The minimum atomic E-state index is 0. The first kappa shape index (κ1) is 27.2. The molecule has 0 fully saturated rings. The van der Waals surface area contributed by atoms with Gasteiger partial charge in [0.25, 0.3) is 0 Å². The Morgan fingerprint density at radius 1 is 1.25 bits per heavy atom. The van der Waals surface area contributed by atoms with E-state index in [4.69, 9.17) is 0 Å². The summed E-state index contributed by atoms with van der Waals surface area (Å²) in [4.78, 5) is 0. The molecule has 0 aliphatic rings. The van der Waals surface area contributed by atoms with E-state index in [1.165, 1.54) is 0 Å². The van der Waals surface area contributed by atoms with Gasteiger partial charge in [0.05, 0.1) is 0 Å². The van der Waals surface area contributed by atoms with Gasteiger partial charge in [-0.25, -0.2) is 0 Å². The fourth-order valence-corrected chi connectivity index (χ4v) is 0. The third-order valence-corrected chi connectivity index (χ3v) is 0. The maximum Gasteiger partial charge on any atom is 1.00 e. The van der Waals surface area contributed by atoms with Crippen molar-refractivity contribution in [1.82, 2.24) is 0 Å². The van der Waals surface area contributed by atoms with Crippen molar-refractivity contribution in [2.75, 3.05) is 0 Å². The average molecular weight is 213 g/mol. The van der Waals surface area contributed by atoms with Crippen LogP contribution in [0.5, 0.6) is 0 Å². The molecule has 0 aromatic heterocycles. The van der Waals surface area contributed by atoms with Gasteiger partial charge < -0.3 is 1.43 Å². The van der Waals surface area contributed by atoms with Crippen LogP contribution >= 0.6 is 0 Å². The molecule has 0 amide bonds. The monoisotopic (exact) mass is 212 g/mol. The van der Waals surface area contributed by atoms with Gasteiger partial charge in [-0.05, 0) is 0 Å². The third kappa shape index (κ3) is 8.94. The molecule has 28 valence electrons. The van der Waals surface area contributed by atoms with E-state index in [-0.39, 0.29) is 103 Å². The molecule has 0 saturated carbocycles. The Hall–Kier alpha value is 3.16. The molecule has 0 aromatic carbocycles. The molecule has 0 heterocycles. The van der Waals surface area contributed by atoms with Crippen LogP contribution in [0, 0.1) is 0 Å². The fourth-order valence-electron chi connectivity index (χ4n) is 0. The van der Waals surface area contributed by atoms with E-state index < -0.39 is 0 Å². The molecule has 4 heteroatoms. The molecule has 0 aliphatic carbocycles. The van der Waals surface area contributed by atoms with E-state index >= 15 is 0 Å². The Bertz CT molecular complexity index is 11.6. The second kappa shape index (κ2) is 16.4. The van der Waals surface area contributed by atoms with E-state index in [9.17, 15) is 0 Å². The summed E-state index contributed by atoms with van der Waals surface area (Å²) in [5.74, 6) is 0. The van der Waals surface area contributed by atoms with E-state index in [1.54, 1.807) is 0 Å². The standard InChI is InChI=1S/Co.K.Mn.Ni.H/q;+1;;;-1. The molecule has 0 unspecified atom stereocenters. The quantitative estimate of drug-likeness (QED) is 0.379. The van der Waals surface area contributed by atoms with Gasteiger partial charge in [-0.3, -0.25) is 0 Å². The van der Waals surface area contributed by atoms with Crippen LogP contribution in [-0.2, 0) is 50.3 Å². The summed E-state index contributed by atoms with van der Waals surface area (Å²) in [6, 6.07) is 0. The van der Waals surface area contributed by atoms with E-state index in [2.05, 4.69) is 0 Å². The predicted molar refractivity (Wildman–Crippen MR) is 1.11 cm³/mol. The molecule has 2 radical (unpaired) electrons. The van der Waals surface area contributed by atoms with Gasteiger partial charge in [-0.15, -0.1) is 0 Å². The molecule has 0 bridgehead atoms. The summed E-state index contributed by atoms with van der Waals surface area (Å²) in [5, 5.41) is 0. The molecule has 0 aromatic rings. The molecule has 4 heavy (non-hydrogen) atoms. The van der Waals surface area contributed by atoms with E-state index in [1.807, 2.05) is 0 Å². The molecule has 0 saturated heterocycles. The zero-order chi connectivity index (χ0) is 0. The van der Waals surface area contributed by atoms with Crippen LogP contribution in [0.2, 0.25) is 0 Å². The van der Waals surface area contributed by atoms with Crippen molar-refractivity contribution in [2.45, 2.75) is 0 Å². The van der Waals surface area contributed by atoms with Crippen molar-refractivity contribution < 1.29 is 103 Å². The van der Waals surface area contributed by atoms with E-state index in [0.29, 0.717) is 0 Å². The molecule has 0 nitrogen and oxygen atoms in total. The van der Waals surface area contributed by atoms with Gasteiger partial charge in [-0.2, -0.15) is 0 Å². The Morgan fingerprint density at radius 3 is 1.25 bits per heavy atom. The number of hydrogen-bond donors (Lipinski definition) is 0. The zero-order valence-corrected chi connectivity index (χ0v) is 8.36. The minimum absolute atomic E-state index is 0. The van der Waals surface area contributed by atoms with Gasteiger partial charge in [0.2, 0.25) is 0 Å². The molecular weight excluding hydrogens is 212 g/mol. The van der Waals surface area contributed by atoms with Crippen molar-refractivity contribution in [3.8, 4) is 0 Å². The first-order valence-corrected chi connectivity index (χ1v) is 0. The number of rotatable bonds is 0. The van der Waals surface area contributed by atoms with E-state index in [0.717, 1.165) is 0 Å². The SMILES string of the molecule is [Co].[H-].[K+].[Mn].[Ni]. The van der Waals surface area contributed by atoms with Gasteiger partial charge in [-0.1, -0.05) is 0 Å². The topological polar surface area (TPSA) is 0 Å². The fraction of sp³-hybridized carbons (Fsp3) is 0. The molecule has 0 N–H and O–H groups in total. The van der Waals surface area contributed by atoms with Gasteiger partial charge in [0, 0.05) is 50.3 Å². The third-order valence-electron chi connectivity index (χ3n) is 0. The second-order valence-electron chi connectivity index (χ2n) is 0. The maximum absolute atomic E-state index is 0. The van der Waals surface area contributed by atoms with Crippen molar-refractivity contribution in [1.29, 1.82) is 0 Å². The smallest absolute Gasteiger partial charge is 1.00 e. The molecule has 0 atom stereocenters. The van der Waals surface area contributed by atoms with Crippen molar-refractivity contribution in [3.63, 3.8) is 0 Å². The Labute approximate surface area is 101 Å². The largest absolute Gasteiger partial charge is 1.00 e. The average Bonchev–Trinajstić information content (AvgIpc) is 0. The zero-order valence-electron chi connectivity index (χ0n) is 3.03. The van der Waals surface area contributed by atoms with Gasteiger partial charge in [0.1, 0.15) is 0 Å².